The average molecular weight is 270 g/mol. The number of hydrogen-bond acceptors (Lipinski definition) is 5. The molecular formula is C12H12F2N2O3. The topological polar surface area (TPSA) is 57.4 Å². The van der Waals surface area contributed by atoms with Gasteiger partial charge in [0.15, 0.2) is 12.4 Å². The van der Waals surface area contributed by atoms with Crippen LogP contribution in [-0.2, 0) is 17.8 Å². The lowest BCUT2D eigenvalue weighted by Crippen LogP contribution is -1.99. The molecule has 0 aliphatic rings. The number of halogens is 2. The van der Waals surface area contributed by atoms with Crippen molar-refractivity contribution >= 4 is 0 Å². The summed E-state index contributed by atoms with van der Waals surface area (Å²) in [5.41, 5.74) is 0. The molecule has 0 fully saturated rings. The maximum atomic E-state index is 12.9. The van der Waals surface area contributed by atoms with Crippen molar-refractivity contribution in [3.63, 3.8) is 0 Å². The number of nitrogens with zero attached hydrogens (tertiary/aromatic N) is 2. The summed E-state index contributed by atoms with van der Waals surface area (Å²) in [5.74, 6) is -0.626. The van der Waals surface area contributed by atoms with Crippen LogP contribution in [0, 0.1) is 11.6 Å². The molecule has 2 aromatic rings. The van der Waals surface area contributed by atoms with Crippen LogP contribution in [0.15, 0.2) is 22.7 Å². The number of aromatic nitrogens is 2. The first-order chi connectivity index (χ1) is 9.17. The van der Waals surface area contributed by atoms with Gasteiger partial charge in [-0.25, -0.2) is 8.78 Å². The SMILES string of the molecule is COCCc1noc(COc2cc(F)cc(F)c2)n1. The summed E-state index contributed by atoms with van der Waals surface area (Å²) in [6, 6.07) is 2.92. The summed E-state index contributed by atoms with van der Waals surface area (Å²) >= 11 is 0. The van der Waals surface area contributed by atoms with Gasteiger partial charge in [-0.1, -0.05) is 5.16 Å². The molecule has 0 aliphatic heterocycles. The van der Waals surface area contributed by atoms with Gasteiger partial charge in [-0.3, -0.25) is 0 Å². The Labute approximate surface area is 108 Å². The number of benzene rings is 1. The lowest BCUT2D eigenvalue weighted by atomic mass is 10.3. The van der Waals surface area contributed by atoms with Gasteiger partial charge in [-0.05, 0) is 0 Å². The summed E-state index contributed by atoms with van der Waals surface area (Å²) < 4.78 is 40.8. The fraction of sp³-hybridized carbons (Fsp3) is 0.333. The maximum Gasteiger partial charge on any atom is 0.264 e. The minimum atomic E-state index is -0.707. The first-order valence-corrected chi connectivity index (χ1v) is 5.56. The minimum Gasteiger partial charge on any atom is -0.484 e. The van der Waals surface area contributed by atoms with Gasteiger partial charge in [0, 0.05) is 31.7 Å². The molecule has 7 heteroatoms. The third kappa shape index (κ3) is 3.99. The molecule has 1 heterocycles. The number of methoxy groups -OCH3 is 1. The van der Waals surface area contributed by atoms with Crippen molar-refractivity contribution in [2.45, 2.75) is 13.0 Å². The van der Waals surface area contributed by atoms with E-state index in [1.54, 1.807) is 7.11 Å². The van der Waals surface area contributed by atoms with Crippen LogP contribution >= 0.6 is 0 Å². The smallest absolute Gasteiger partial charge is 0.264 e. The second-order valence-electron chi connectivity index (χ2n) is 3.74. The Balaban J connectivity index is 1.92. The molecule has 0 saturated carbocycles. The van der Waals surface area contributed by atoms with Crippen molar-refractivity contribution in [2.24, 2.45) is 0 Å². The van der Waals surface area contributed by atoms with E-state index in [0.717, 1.165) is 18.2 Å². The highest BCUT2D eigenvalue weighted by Crippen LogP contribution is 2.16. The standard InChI is InChI=1S/C12H12F2N2O3/c1-17-3-2-11-15-12(19-16-11)7-18-10-5-8(13)4-9(14)6-10/h4-6H,2-3,7H2,1H3. The predicted octanol–water partition coefficient (Wildman–Crippen LogP) is 2.12. The minimum absolute atomic E-state index is 0.0527. The number of hydrogen-bond donors (Lipinski definition) is 0. The molecule has 0 amide bonds. The molecule has 0 spiro atoms. The molecular weight excluding hydrogens is 258 g/mol. The number of ether oxygens (including phenoxy) is 2. The Morgan fingerprint density at radius 3 is 2.63 bits per heavy atom. The fourth-order valence-corrected chi connectivity index (χ4v) is 1.40. The normalized spacial score (nSPS) is 10.7. The van der Waals surface area contributed by atoms with Crippen LogP contribution < -0.4 is 4.74 Å². The van der Waals surface area contributed by atoms with E-state index in [2.05, 4.69) is 10.1 Å². The molecule has 2 rings (SSSR count). The molecule has 0 N–H and O–H groups in total. The van der Waals surface area contributed by atoms with Crippen molar-refractivity contribution in [3.8, 4) is 5.75 Å². The summed E-state index contributed by atoms with van der Waals surface area (Å²) in [4.78, 5) is 4.04. The molecule has 1 aromatic carbocycles. The average Bonchev–Trinajstić information content (AvgIpc) is 2.81. The van der Waals surface area contributed by atoms with Crippen molar-refractivity contribution in [2.75, 3.05) is 13.7 Å². The van der Waals surface area contributed by atoms with Crippen LogP contribution in [0.4, 0.5) is 8.78 Å². The lowest BCUT2D eigenvalue weighted by Gasteiger charge is -2.02. The van der Waals surface area contributed by atoms with E-state index in [9.17, 15) is 8.78 Å². The van der Waals surface area contributed by atoms with Gasteiger partial charge in [0.05, 0.1) is 6.61 Å². The van der Waals surface area contributed by atoms with E-state index in [-0.39, 0.29) is 18.2 Å². The molecule has 5 nitrogen and oxygen atoms in total. The van der Waals surface area contributed by atoms with Crippen molar-refractivity contribution in [1.29, 1.82) is 0 Å². The zero-order chi connectivity index (χ0) is 13.7. The molecule has 0 unspecified atom stereocenters. The Kier molecular flexibility index (Phi) is 4.40. The van der Waals surface area contributed by atoms with Crippen molar-refractivity contribution in [3.05, 3.63) is 41.5 Å². The highest BCUT2D eigenvalue weighted by molar-refractivity contribution is 5.23. The van der Waals surface area contributed by atoms with E-state index < -0.39 is 11.6 Å². The lowest BCUT2D eigenvalue weighted by molar-refractivity contribution is 0.199. The largest absolute Gasteiger partial charge is 0.484 e. The zero-order valence-corrected chi connectivity index (χ0v) is 10.2. The Morgan fingerprint density at radius 1 is 1.21 bits per heavy atom. The van der Waals surface area contributed by atoms with Gasteiger partial charge in [0.2, 0.25) is 0 Å². The van der Waals surface area contributed by atoms with Crippen molar-refractivity contribution in [1.82, 2.24) is 10.1 Å². The van der Waals surface area contributed by atoms with E-state index in [1.807, 2.05) is 0 Å². The highest BCUT2D eigenvalue weighted by atomic mass is 19.1. The first-order valence-electron chi connectivity index (χ1n) is 5.56. The van der Waals surface area contributed by atoms with Crippen LogP contribution in [-0.4, -0.2) is 23.9 Å². The zero-order valence-electron chi connectivity index (χ0n) is 10.2. The van der Waals surface area contributed by atoms with E-state index >= 15 is 0 Å². The van der Waals surface area contributed by atoms with Gasteiger partial charge in [-0.2, -0.15) is 4.98 Å². The van der Waals surface area contributed by atoms with Gasteiger partial charge < -0.3 is 14.0 Å². The molecule has 0 saturated heterocycles. The van der Waals surface area contributed by atoms with E-state index in [1.165, 1.54) is 0 Å². The Morgan fingerprint density at radius 2 is 1.95 bits per heavy atom. The molecule has 0 aliphatic carbocycles. The predicted molar refractivity (Wildman–Crippen MR) is 60.6 cm³/mol. The van der Waals surface area contributed by atoms with E-state index in [0.29, 0.717) is 18.9 Å². The molecule has 1 aromatic heterocycles. The van der Waals surface area contributed by atoms with Crippen LogP contribution in [0.5, 0.6) is 5.75 Å². The van der Waals surface area contributed by atoms with Crippen molar-refractivity contribution < 1.29 is 22.8 Å². The summed E-state index contributed by atoms with van der Waals surface area (Å²) in [5, 5.41) is 3.71. The molecule has 19 heavy (non-hydrogen) atoms. The third-order valence-electron chi connectivity index (χ3n) is 2.24. The quantitative estimate of drug-likeness (QED) is 0.804. The van der Waals surface area contributed by atoms with Gasteiger partial charge in [0.1, 0.15) is 17.4 Å². The van der Waals surface area contributed by atoms with Gasteiger partial charge >= 0.3 is 0 Å². The number of rotatable bonds is 6. The van der Waals surface area contributed by atoms with Crippen LogP contribution in [0.25, 0.3) is 0 Å². The van der Waals surface area contributed by atoms with Crippen LogP contribution in [0.2, 0.25) is 0 Å². The summed E-state index contributed by atoms with van der Waals surface area (Å²) in [6.07, 6.45) is 0.522. The third-order valence-corrected chi connectivity index (χ3v) is 2.24. The summed E-state index contributed by atoms with van der Waals surface area (Å²) in [6.45, 7) is 0.428. The van der Waals surface area contributed by atoms with Gasteiger partial charge in [0.25, 0.3) is 5.89 Å². The van der Waals surface area contributed by atoms with Crippen LogP contribution in [0.1, 0.15) is 11.7 Å². The monoisotopic (exact) mass is 270 g/mol. The molecule has 102 valence electrons. The van der Waals surface area contributed by atoms with E-state index in [4.69, 9.17) is 14.0 Å². The Bertz CT molecular complexity index is 525. The first kappa shape index (κ1) is 13.4. The Hall–Kier alpha value is -2.02. The fourth-order valence-electron chi connectivity index (χ4n) is 1.40. The van der Waals surface area contributed by atoms with Gasteiger partial charge in [-0.15, -0.1) is 0 Å². The summed E-state index contributed by atoms with van der Waals surface area (Å²) in [7, 11) is 1.57. The van der Waals surface area contributed by atoms with Crippen LogP contribution in [0.3, 0.4) is 0 Å². The molecule has 0 atom stereocenters. The second kappa shape index (κ2) is 6.24. The second-order valence-corrected chi connectivity index (χ2v) is 3.74. The molecule has 0 radical (unpaired) electrons. The molecule has 0 bridgehead atoms. The highest BCUT2D eigenvalue weighted by Gasteiger charge is 2.08. The maximum absolute atomic E-state index is 12.9.